The zero-order valence-electron chi connectivity index (χ0n) is 19.3. The van der Waals surface area contributed by atoms with Crippen molar-refractivity contribution in [1.29, 1.82) is 0 Å². The highest BCUT2D eigenvalue weighted by Gasteiger charge is 2.50. The molecule has 5 rings (SSSR count). The number of aliphatic hydroxyl groups excluding tert-OH is 1. The summed E-state index contributed by atoms with van der Waals surface area (Å²) in [4.78, 5) is 17.5. The summed E-state index contributed by atoms with van der Waals surface area (Å²) in [5.74, 6) is 0.483. The van der Waals surface area contributed by atoms with Gasteiger partial charge in [0.15, 0.2) is 5.82 Å². The fourth-order valence-corrected chi connectivity index (χ4v) is 5.68. The molecule has 0 aliphatic heterocycles. The van der Waals surface area contributed by atoms with Crippen LogP contribution < -0.4 is 0 Å². The van der Waals surface area contributed by atoms with Gasteiger partial charge >= 0.3 is 6.18 Å². The Bertz CT molecular complexity index is 1360. The van der Waals surface area contributed by atoms with Crippen LogP contribution in [0.25, 0.3) is 27.5 Å². The number of benzene rings is 1. The van der Waals surface area contributed by atoms with Crippen LogP contribution in [-0.4, -0.2) is 20.1 Å². The monoisotopic (exact) mass is 476 g/mol. The summed E-state index contributed by atoms with van der Waals surface area (Å²) in [6.45, 7) is 11.6. The van der Waals surface area contributed by atoms with Crippen LogP contribution in [0.3, 0.4) is 0 Å². The molecule has 0 fully saturated rings. The van der Waals surface area contributed by atoms with Crippen LogP contribution in [0.4, 0.5) is 13.2 Å². The molecule has 0 radical (unpaired) electrons. The highest BCUT2D eigenvalue weighted by molar-refractivity contribution is 5.69. The predicted molar refractivity (Wildman–Crippen MR) is 125 cm³/mol. The standard InChI is InChI=1S/C27H23F3N4O/c1-15-20-9-8-19-22(16-4-6-18(7-5-16)27(28,29)30)33-25(17-10-12-32-13-11-17)34-24(19)26(20,2)14-21(31-3)23(15)35/h4-7,10-13,15,20,35H,8-9,14H2,1-2H3/t15-,20-,26-/m1/s1. The third-order valence-corrected chi connectivity index (χ3v) is 7.50. The van der Waals surface area contributed by atoms with Gasteiger partial charge in [0, 0.05) is 40.4 Å². The Balaban J connectivity index is 1.74. The molecule has 0 unspecified atom stereocenters. The Hall–Kier alpha value is -3.73. The molecule has 0 saturated heterocycles. The third-order valence-electron chi connectivity index (χ3n) is 7.50. The van der Waals surface area contributed by atoms with Crippen LogP contribution in [0.15, 0.2) is 60.2 Å². The number of hydrogen-bond donors (Lipinski definition) is 1. The van der Waals surface area contributed by atoms with E-state index in [9.17, 15) is 18.3 Å². The molecule has 2 aromatic heterocycles. The first kappa shape index (κ1) is 23.0. The number of fused-ring (bicyclic) bond motifs is 3. The molecule has 35 heavy (non-hydrogen) atoms. The van der Waals surface area contributed by atoms with Crippen molar-refractivity contribution in [3.63, 3.8) is 0 Å². The molecule has 3 aromatic rings. The summed E-state index contributed by atoms with van der Waals surface area (Å²) >= 11 is 0. The summed E-state index contributed by atoms with van der Waals surface area (Å²) in [6, 6.07) is 8.64. The molecule has 8 heteroatoms. The van der Waals surface area contributed by atoms with Crippen LogP contribution in [-0.2, 0) is 18.0 Å². The van der Waals surface area contributed by atoms with E-state index in [0.717, 1.165) is 35.4 Å². The van der Waals surface area contributed by atoms with Crippen molar-refractivity contribution in [2.75, 3.05) is 0 Å². The quantitative estimate of drug-likeness (QED) is 0.415. The van der Waals surface area contributed by atoms with Gasteiger partial charge in [-0.25, -0.2) is 14.8 Å². The number of hydrogen-bond acceptors (Lipinski definition) is 4. The van der Waals surface area contributed by atoms with Crippen molar-refractivity contribution < 1.29 is 18.3 Å². The van der Waals surface area contributed by atoms with Gasteiger partial charge in [-0.15, -0.1) is 0 Å². The van der Waals surface area contributed by atoms with E-state index in [1.165, 1.54) is 12.1 Å². The van der Waals surface area contributed by atoms with Crippen LogP contribution in [0.2, 0.25) is 0 Å². The largest absolute Gasteiger partial charge is 0.523 e. The third kappa shape index (κ3) is 3.75. The molecule has 0 saturated carbocycles. The molecule has 0 amide bonds. The van der Waals surface area contributed by atoms with E-state index in [-0.39, 0.29) is 17.6 Å². The molecule has 3 atom stereocenters. The van der Waals surface area contributed by atoms with Gasteiger partial charge in [-0.3, -0.25) is 4.98 Å². The van der Waals surface area contributed by atoms with E-state index < -0.39 is 17.2 Å². The van der Waals surface area contributed by atoms with Gasteiger partial charge in [-0.1, -0.05) is 26.0 Å². The number of nitrogens with zero attached hydrogens (tertiary/aromatic N) is 4. The summed E-state index contributed by atoms with van der Waals surface area (Å²) in [5.41, 5.74) is 2.72. The maximum absolute atomic E-state index is 13.2. The summed E-state index contributed by atoms with van der Waals surface area (Å²) in [5, 5.41) is 10.6. The lowest BCUT2D eigenvalue weighted by Gasteiger charge is -2.48. The Labute approximate surface area is 201 Å². The second kappa shape index (κ2) is 8.19. The second-order valence-electron chi connectivity index (χ2n) is 9.51. The molecule has 0 spiro atoms. The van der Waals surface area contributed by atoms with Crippen LogP contribution >= 0.6 is 0 Å². The van der Waals surface area contributed by atoms with Crippen molar-refractivity contribution in [2.24, 2.45) is 11.8 Å². The number of allylic oxidation sites excluding steroid dienone is 2. The van der Waals surface area contributed by atoms with E-state index in [0.29, 0.717) is 35.6 Å². The van der Waals surface area contributed by atoms with E-state index in [4.69, 9.17) is 16.5 Å². The van der Waals surface area contributed by atoms with Gasteiger partial charge in [0.25, 0.3) is 0 Å². The molecule has 178 valence electrons. The summed E-state index contributed by atoms with van der Waals surface area (Å²) in [6.07, 6.45) is 0.597. The van der Waals surface area contributed by atoms with Gasteiger partial charge in [-0.05, 0) is 49.4 Å². The lowest BCUT2D eigenvalue weighted by Crippen LogP contribution is -2.45. The average Bonchev–Trinajstić information content (AvgIpc) is 2.86. The highest BCUT2D eigenvalue weighted by Crippen LogP contribution is 2.54. The molecule has 2 heterocycles. The highest BCUT2D eigenvalue weighted by atomic mass is 19.4. The molecule has 5 nitrogen and oxygen atoms in total. The minimum absolute atomic E-state index is 0.0705. The number of halogens is 3. The van der Waals surface area contributed by atoms with Crippen LogP contribution in [0.1, 0.15) is 43.5 Å². The SMILES string of the molecule is [C-]#[N+]C1=C(O)[C@H](C)[C@H]2CCc3c(-c4ccc(C(F)(F)F)cc4)nc(-c4ccncc4)nc3[C@]2(C)C1. The molecule has 2 aliphatic rings. The first-order valence-corrected chi connectivity index (χ1v) is 11.4. The van der Waals surface area contributed by atoms with Gasteiger partial charge in [0.2, 0.25) is 5.70 Å². The minimum Gasteiger partial charge on any atom is -0.523 e. The zero-order chi connectivity index (χ0) is 25.0. The smallest absolute Gasteiger partial charge is 0.416 e. The lowest BCUT2D eigenvalue weighted by molar-refractivity contribution is -0.137. The van der Waals surface area contributed by atoms with Crippen molar-refractivity contribution >= 4 is 0 Å². The average molecular weight is 477 g/mol. The van der Waals surface area contributed by atoms with Crippen molar-refractivity contribution in [3.05, 3.63) is 88.5 Å². The predicted octanol–water partition coefficient (Wildman–Crippen LogP) is 6.77. The van der Waals surface area contributed by atoms with Crippen molar-refractivity contribution in [1.82, 2.24) is 15.0 Å². The van der Waals surface area contributed by atoms with E-state index in [1.54, 1.807) is 24.5 Å². The first-order valence-electron chi connectivity index (χ1n) is 11.4. The molecule has 2 aliphatic carbocycles. The fraction of sp³-hybridized carbons (Fsp3) is 0.333. The van der Waals surface area contributed by atoms with Crippen molar-refractivity contribution in [3.8, 4) is 22.6 Å². The number of alkyl halides is 3. The van der Waals surface area contributed by atoms with Crippen LogP contribution in [0, 0.1) is 18.4 Å². The fourth-order valence-electron chi connectivity index (χ4n) is 5.68. The number of aliphatic hydroxyl groups is 1. The van der Waals surface area contributed by atoms with E-state index >= 15 is 0 Å². The molecular weight excluding hydrogens is 453 g/mol. The van der Waals surface area contributed by atoms with E-state index in [2.05, 4.69) is 16.8 Å². The zero-order valence-corrected chi connectivity index (χ0v) is 19.3. The topological polar surface area (TPSA) is 63.3 Å². The van der Waals surface area contributed by atoms with Gasteiger partial charge in [-0.2, -0.15) is 13.2 Å². The normalized spacial score (nSPS) is 23.9. The lowest BCUT2D eigenvalue weighted by atomic mass is 9.57. The Kier molecular flexibility index (Phi) is 5.39. The Morgan fingerprint density at radius 3 is 2.37 bits per heavy atom. The molecule has 1 N–H and O–H groups in total. The van der Waals surface area contributed by atoms with Gasteiger partial charge in [0.05, 0.1) is 29.3 Å². The van der Waals surface area contributed by atoms with Gasteiger partial charge in [0.1, 0.15) is 0 Å². The summed E-state index contributed by atoms with van der Waals surface area (Å²) in [7, 11) is 0. The number of aromatic nitrogens is 3. The van der Waals surface area contributed by atoms with Crippen molar-refractivity contribution in [2.45, 2.75) is 44.7 Å². The maximum Gasteiger partial charge on any atom is 0.416 e. The molecular formula is C27H23F3N4O. The number of rotatable bonds is 2. The Morgan fingerprint density at radius 2 is 1.74 bits per heavy atom. The molecule has 1 aromatic carbocycles. The van der Waals surface area contributed by atoms with Gasteiger partial charge < -0.3 is 5.11 Å². The first-order chi connectivity index (χ1) is 16.6. The minimum atomic E-state index is -4.42. The summed E-state index contributed by atoms with van der Waals surface area (Å²) < 4.78 is 39.5. The molecule has 0 bridgehead atoms. The Morgan fingerprint density at radius 1 is 1.06 bits per heavy atom. The number of pyridine rings is 1. The second-order valence-corrected chi connectivity index (χ2v) is 9.51. The van der Waals surface area contributed by atoms with E-state index in [1.807, 2.05) is 6.92 Å². The van der Waals surface area contributed by atoms with Crippen LogP contribution in [0.5, 0.6) is 0 Å². The maximum atomic E-state index is 13.2.